The van der Waals surface area contributed by atoms with Crippen LogP contribution >= 0.6 is 34.8 Å². The Bertz CT molecular complexity index is 867. The SMILES string of the molecule is CCOC(=O)Cl.CCOC(=O)Nc1c(Oc2ccc(N)c(Cl)c2Cl)ccnc1N. The maximum absolute atomic E-state index is 11.6. The monoisotopic (exact) mass is 464 g/mol. The third-order valence-electron chi connectivity index (χ3n) is 3.00. The Labute approximate surface area is 182 Å². The highest BCUT2D eigenvalue weighted by Crippen LogP contribution is 2.40. The summed E-state index contributed by atoms with van der Waals surface area (Å²) >= 11 is 16.8. The average molecular weight is 466 g/mol. The molecule has 0 aliphatic heterocycles. The van der Waals surface area contributed by atoms with Crippen molar-refractivity contribution in [2.75, 3.05) is 30.0 Å². The minimum absolute atomic E-state index is 0.0632. The maximum Gasteiger partial charge on any atom is 0.411 e. The molecule has 9 nitrogen and oxygen atoms in total. The third-order valence-corrected chi connectivity index (χ3v) is 3.99. The number of nitrogen functional groups attached to an aromatic ring is 2. The Morgan fingerprint density at radius 1 is 1.03 bits per heavy atom. The van der Waals surface area contributed by atoms with Crippen molar-refractivity contribution >= 4 is 63.5 Å². The largest absolute Gasteiger partial charge is 0.454 e. The van der Waals surface area contributed by atoms with E-state index in [2.05, 4.69) is 15.0 Å². The number of nitrogens with two attached hydrogens (primary N) is 2. The molecule has 0 bridgehead atoms. The number of nitrogens with zero attached hydrogens (tertiary/aromatic N) is 1. The van der Waals surface area contributed by atoms with Crippen LogP contribution in [0.25, 0.3) is 0 Å². The van der Waals surface area contributed by atoms with E-state index in [0.29, 0.717) is 12.3 Å². The zero-order chi connectivity index (χ0) is 22.0. The summed E-state index contributed by atoms with van der Waals surface area (Å²) in [5.74, 6) is 0.546. The van der Waals surface area contributed by atoms with Crippen molar-refractivity contribution in [2.45, 2.75) is 13.8 Å². The van der Waals surface area contributed by atoms with Gasteiger partial charge < -0.3 is 25.7 Å². The van der Waals surface area contributed by atoms with Gasteiger partial charge in [0, 0.05) is 23.9 Å². The summed E-state index contributed by atoms with van der Waals surface area (Å²) in [6, 6.07) is 4.61. The van der Waals surface area contributed by atoms with Crippen LogP contribution in [0.1, 0.15) is 13.8 Å². The highest BCUT2D eigenvalue weighted by atomic mass is 35.5. The predicted octanol–water partition coefficient (Wildman–Crippen LogP) is 5.30. The van der Waals surface area contributed by atoms with Gasteiger partial charge in [-0.2, -0.15) is 0 Å². The Balaban J connectivity index is 0.000000612. The van der Waals surface area contributed by atoms with Crippen molar-refractivity contribution in [1.29, 1.82) is 0 Å². The lowest BCUT2D eigenvalue weighted by molar-refractivity contribution is 0.167. The molecule has 0 radical (unpaired) electrons. The lowest BCUT2D eigenvalue weighted by atomic mass is 10.3. The molecule has 0 saturated carbocycles. The van der Waals surface area contributed by atoms with E-state index in [1.165, 1.54) is 12.3 Å². The van der Waals surface area contributed by atoms with Gasteiger partial charge in [0.05, 0.1) is 23.9 Å². The highest BCUT2D eigenvalue weighted by molar-refractivity contribution is 6.61. The van der Waals surface area contributed by atoms with E-state index in [-0.39, 0.29) is 39.7 Å². The summed E-state index contributed by atoms with van der Waals surface area (Å²) in [4.78, 5) is 25.1. The topological polar surface area (TPSA) is 139 Å². The van der Waals surface area contributed by atoms with E-state index in [1.54, 1.807) is 26.0 Å². The van der Waals surface area contributed by atoms with Gasteiger partial charge >= 0.3 is 11.5 Å². The number of aromatic nitrogens is 1. The van der Waals surface area contributed by atoms with Gasteiger partial charge in [-0.3, -0.25) is 5.32 Å². The number of hydrogen-bond acceptors (Lipinski definition) is 8. The number of hydrogen-bond donors (Lipinski definition) is 3. The lowest BCUT2D eigenvalue weighted by Crippen LogP contribution is -2.15. The van der Waals surface area contributed by atoms with Gasteiger partial charge in [-0.15, -0.1) is 0 Å². The van der Waals surface area contributed by atoms with Crippen LogP contribution in [0.15, 0.2) is 24.4 Å². The van der Waals surface area contributed by atoms with Crippen molar-refractivity contribution in [3.63, 3.8) is 0 Å². The molecule has 0 fully saturated rings. The number of anilines is 3. The van der Waals surface area contributed by atoms with Crippen LogP contribution in [-0.4, -0.2) is 29.7 Å². The number of ether oxygens (including phenoxy) is 3. The van der Waals surface area contributed by atoms with Crippen LogP contribution in [0.4, 0.5) is 26.8 Å². The molecule has 0 aliphatic carbocycles. The molecule has 0 saturated heterocycles. The van der Waals surface area contributed by atoms with Crippen LogP contribution in [0.5, 0.6) is 11.5 Å². The van der Waals surface area contributed by atoms with E-state index in [0.717, 1.165) is 0 Å². The number of amides is 1. The Morgan fingerprint density at radius 2 is 1.69 bits per heavy atom. The Kier molecular flexibility index (Phi) is 10.1. The predicted molar refractivity (Wildman–Crippen MR) is 113 cm³/mol. The molecule has 0 unspecified atom stereocenters. The quantitative estimate of drug-likeness (QED) is 0.399. The van der Waals surface area contributed by atoms with Crippen molar-refractivity contribution in [2.24, 2.45) is 0 Å². The van der Waals surface area contributed by atoms with E-state index in [4.69, 9.17) is 55.7 Å². The van der Waals surface area contributed by atoms with Crippen molar-refractivity contribution in [3.05, 3.63) is 34.4 Å². The van der Waals surface area contributed by atoms with Crippen LogP contribution in [0, 0.1) is 0 Å². The summed E-state index contributed by atoms with van der Waals surface area (Å²) in [6.45, 7) is 3.93. The molecular weight excluding hydrogens is 447 g/mol. The molecule has 1 aromatic heterocycles. The number of carbonyl (C=O) groups is 2. The summed E-state index contributed by atoms with van der Waals surface area (Å²) in [5.41, 5.74) is 11.2. The number of pyridine rings is 1. The van der Waals surface area contributed by atoms with E-state index in [9.17, 15) is 9.59 Å². The fourth-order valence-electron chi connectivity index (χ4n) is 1.80. The lowest BCUT2D eigenvalue weighted by Gasteiger charge is -2.15. The molecule has 2 aromatic rings. The Morgan fingerprint density at radius 3 is 2.24 bits per heavy atom. The number of rotatable bonds is 5. The molecule has 2 rings (SSSR count). The minimum Gasteiger partial charge on any atom is -0.454 e. The maximum atomic E-state index is 11.6. The normalized spacial score (nSPS) is 9.69. The fourth-order valence-corrected chi connectivity index (χ4v) is 2.27. The molecule has 5 N–H and O–H groups in total. The van der Waals surface area contributed by atoms with Gasteiger partial charge in [0.1, 0.15) is 16.5 Å². The van der Waals surface area contributed by atoms with E-state index < -0.39 is 11.5 Å². The Hall–Kier alpha value is -2.62. The molecule has 158 valence electrons. The zero-order valence-electron chi connectivity index (χ0n) is 15.5. The van der Waals surface area contributed by atoms with Gasteiger partial charge in [0.2, 0.25) is 0 Å². The highest BCUT2D eigenvalue weighted by Gasteiger charge is 2.16. The summed E-state index contributed by atoms with van der Waals surface area (Å²) in [6.07, 6.45) is 0.742. The molecule has 0 atom stereocenters. The summed E-state index contributed by atoms with van der Waals surface area (Å²) in [5, 5.41) is 2.79. The molecule has 12 heteroatoms. The molecule has 29 heavy (non-hydrogen) atoms. The smallest absolute Gasteiger partial charge is 0.411 e. The molecular formula is C17H19Cl3N4O5. The van der Waals surface area contributed by atoms with Crippen molar-refractivity contribution < 1.29 is 23.8 Å². The molecule has 1 amide bonds. The van der Waals surface area contributed by atoms with Gasteiger partial charge in [-0.05, 0) is 26.0 Å². The van der Waals surface area contributed by atoms with Crippen LogP contribution < -0.4 is 21.5 Å². The standard InChI is InChI=1S/C14H14Cl2N4O3.C3H5ClO2/c1-2-22-14(21)20-12-9(5-6-19-13(12)18)23-8-4-3-7(17)10(15)11(8)16;1-2-6-3(4)5/h3-6H,2,17H2,1H3,(H2,18,19)(H,20,21);2H2,1H3. The number of nitrogens with one attached hydrogen (secondary N) is 1. The molecule has 1 aromatic carbocycles. The van der Waals surface area contributed by atoms with Gasteiger partial charge in [-0.1, -0.05) is 23.2 Å². The van der Waals surface area contributed by atoms with Gasteiger partial charge in [-0.25, -0.2) is 14.6 Å². The number of carbonyl (C=O) groups excluding carboxylic acids is 2. The first-order valence-corrected chi connectivity index (χ1v) is 9.26. The van der Waals surface area contributed by atoms with Crippen LogP contribution in [-0.2, 0) is 9.47 Å². The van der Waals surface area contributed by atoms with Crippen molar-refractivity contribution in [3.8, 4) is 11.5 Å². The van der Waals surface area contributed by atoms with Gasteiger partial charge in [0.15, 0.2) is 11.6 Å². The third kappa shape index (κ3) is 7.72. The zero-order valence-corrected chi connectivity index (χ0v) is 17.8. The molecule has 1 heterocycles. The first-order chi connectivity index (χ1) is 13.7. The first-order valence-electron chi connectivity index (χ1n) is 8.13. The number of benzene rings is 1. The minimum atomic E-state index is -0.738. The van der Waals surface area contributed by atoms with E-state index in [1.807, 2.05) is 0 Å². The van der Waals surface area contributed by atoms with Crippen LogP contribution in [0.2, 0.25) is 10.0 Å². The summed E-state index contributed by atoms with van der Waals surface area (Å²) < 4.78 is 14.7. The molecule has 0 spiro atoms. The second-order valence-electron chi connectivity index (χ2n) is 4.97. The second-order valence-corrected chi connectivity index (χ2v) is 6.03. The molecule has 0 aliphatic rings. The average Bonchev–Trinajstić information content (AvgIpc) is 2.65. The fraction of sp³-hybridized carbons (Fsp3) is 0.235. The van der Waals surface area contributed by atoms with Crippen LogP contribution in [0.3, 0.4) is 0 Å². The number of halogens is 3. The summed E-state index contributed by atoms with van der Waals surface area (Å²) in [7, 11) is 0. The first kappa shape index (κ1) is 24.4. The van der Waals surface area contributed by atoms with Gasteiger partial charge in [0.25, 0.3) is 0 Å². The van der Waals surface area contributed by atoms with Crippen molar-refractivity contribution in [1.82, 2.24) is 4.98 Å². The van der Waals surface area contributed by atoms with E-state index >= 15 is 0 Å². The second kappa shape index (κ2) is 12.1.